The zero-order valence-electron chi connectivity index (χ0n) is 28.8. The quantitative estimate of drug-likeness (QED) is 0.0560. The molecule has 45 heavy (non-hydrogen) atoms. The summed E-state index contributed by atoms with van der Waals surface area (Å²) in [5.41, 5.74) is 8.73. The number of hydrogen-bond acceptors (Lipinski definition) is 4. The Kier molecular flexibility index (Phi) is 12.1. The zero-order valence-corrected chi connectivity index (χ0v) is 31.2. The summed E-state index contributed by atoms with van der Waals surface area (Å²) >= 11 is 0. The first-order valence-electron chi connectivity index (χ1n) is 16.3. The molecule has 3 heterocycles. The van der Waals surface area contributed by atoms with Gasteiger partial charge in [0.1, 0.15) is 6.33 Å². The van der Waals surface area contributed by atoms with Crippen molar-refractivity contribution in [1.82, 2.24) is 14.4 Å². The van der Waals surface area contributed by atoms with Crippen molar-refractivity contribution in [3.05, 3.63) is 77.1 Å². The van der Waals surface area contributed by atoms with Crippen LogP contribution in [0.15, 0.2) is 48.5 Å². The number of hydrogen-bond donors (Lipinski definition) is 1. The Hall–Kier alpha value is -3.08. The molecule has 5 aromatic rings. The maximum atomic E-state index is 11.7. The Morgan fingerprint density at radius 3 is 2.20 bits per heavy atom. The average Bonchev–Trinajstić information content (AvgIpc) is 3.22. The molecule has 5 rings (SSSR count). The first kappa shape index (κ1) is 36.4. The summed E-state index contributed by atoms with van der Waals surface area (Å²) in [5, 5.41) is 14.3. The number of benzene rings is 2. The van der Waals surface area contributed by atoms with Gasteiger partial charge in [0.05, 0.1) is 5.76 Å². The fraction of sp³-hybridized carbons (Fsp3) is 0.462. The van der Waals surface area contributed by atoms with Crippen molar-refractivity contribution in [3.63, 3.8) is 0 Å². The number of aliphatic hydroxyl groups is 1. The van der Waals surface area contributed by atoms with E-state index in [1.807, 2.05) is 27.7 Å². The fourth-order valence-electron chi connectivity index (χ4n) is 6.51. The van der Waals surface area contributed by atoms with Crippen molar-refractivity contribution < 1.29 is 30.0 Å². The van der Waals surface area contributed by atoms with E-state index in [0.29, 0.717) is 0 Å². The first-order valence-corrected chi connectivity index (χ1v) is 16.3. The monoisotopic (exact) mass is 785 g/mol. The van der Waals surface area contributed by atoms with Gasteiger partial charge in [-0.15, -0.1) is 17.5 Å². The van der Waals surface area contributed by atoms with E-state index in [2.05, 4.69) is 87.3 Å². The first-order chi connectivity index (χ1) is 20.9. The van der Waals surface area contributed by atoms with Crippen molar-refractivity contribution in [2.45, 2.75) is 101 Å². The van der Waals surface area contributed by atoms with Crippen LogP contribution in [-0.2, 0) is 31.3 Å². The maximum Gasteiger partial charge on any atom is 0.162 e. The third-order valence-corrected chi connectivity index (χ3v) is 9.11. The minimum absolute atomic E-state index is 0. The molecule has 0 fully saturated rings. The van der Waals surface area contributed by atoms with Crippen molar-refractivity contribution in [1.29, 1.82) is 0 Å². The van der Waals surface area contributed by atoms with E-state index in [-0.39, 0.29) is 48.9 Å². The van der Waals surface area contributed by atoms with Crippen LogP contribution in [-0.4, -0.2) is 25.3 Å². The van der Waals surface area contributed by atoms with E-state index in [4.69, 9.17) is 4.98 Å². The molecular weight excluding hydrogens is 735 g/mol. The summed E-state index contributed by atoms with van der Waals surface area (Å²) in [6.45, 7) is 21.6. The van der Waals surface area contributed by atoms with Crippen LogP contribution in [0.25, 0.3) is 38.1 Å². The summed E-state index contributed by atoms with van der Waals surface area (Å²) in [7, 11) is 0. The predicted molar refractivity (Wildman–Crippen MR) is 186 cm³/mol. The largest absolute Gasteiger partial charge is 0.512 e. The molecule has 1 N–H and O–H groups in total. The molecule has 0 saturated carbocycles. The second-order valence-corrected chi connectivity index (χ2v) is 13.4. The normalized spacial score (nSPS) is 12.3. The Morgan fingerprint density at radius 2 is 1.60 bits per heavy atom. The minimum atomic E-state index is 0. The van der Waals surface area contributed by atoms with Crippen LogP contribution in [0.4, 0.5) is 0 Å². The molecule has 3 aromatic heterocycles. The molecule has 0 spiro atoms. The molecule has 0 aliphatic heterocycles. The second-order valence-electron chi connectivity index (χ2n) is 13.4. The number of carbonyl (C=O) groups excluding carboxylic acids is 1. The smallest absolute Gasteiger partial charge is 0.162 e. The van der Waals surface area contributed by atoms with E-state index in [1.54, 1.807) is 6.33 Å². The van der Waals surface area contributed by atoms with Crippen molar-refractivity contribution in [3.8, 4) is 0 Å². The van der Waals surface area contributed by atoms with Gasteiger partial charge in [0.25, 0.3) is 0 Å². The number of fused-ring (bicyclic) bond motifs is 7. The number of aromatic nitrogens is 3. The van der Waals surface area contributed by atoms with Gasteiger partial charge in [-0.25, -0.2) is 4.98 Å². The number of allylic oxidation sites excluding steroid dienone is 2. The number of carbonyl (C=O) groups is 1. The van der Waals surface area contributed by atoms with E-state index in [9.17, 15) is 9.90 Å². The van der Waals surface area contributed by atoms with E-state index in [1.165, 1.54) is 39.3 Å². The number of pyridine rings is 1. The van der Waals surface area contributed by atoms with Crippen LogP contribution >= 0.6 is 0 Å². The van der Waals surface area contributed by atoms with Gasteiger partial charge in [0.2, 0.25) is 0 Å². The number of rotatable bonds is 8. The minimum Gasteiger partial charge on any atom is -0.512 e. The Labute approximate surface area is 282 Å². The van der Waals surface area contributed by atoms with Gasteiger partial charge in [-0.3, -0.25) is 9.78 Å². The summed E-state index contributed by atoms with van der Waals surface area (Å²) < 4.78 is 2.42. The van der Waals surface area contributed by atoms with Crippen LogP contribution in [0.1, 0.15) is 96.7 Å². The Morgan fingerprint density at radius 1 is 0.978 bits per heavy atom. The molecule has 0 bridgehead atoms. The second kappa shape index (κ2) is 15.0. The van der Waals surface area contributed by atoms with Crippen molar-refractivity contribution >= 4 is 43.9 Å². The fourth-order valence-corrected chi connectivity index (χ4v) is 6.51. The van der Waals surface area contributed by atoms with Gasteiger partial charge in [0.15, 0.2) is 5.78 Å². The number of aliphatic hydroxyl groups excluding tert-OH is 1. The van der Waals surface area contributed by atoms with Crippen LogP contribution in [0, 0.1) is 44.1 Å². The molecule has 0 aliphatic rings. The molecule has 0 aliphatic carbocycles. The number of aryl methyl sites for hydroxylation is 3. The summed E-state index contributed by atoms with van der Waals surface area (Å²) in [6, 6.07) is 14.4. The van der Waals surface area contributed by atoms with Gasteiger partial charge in [-0.2, -0.15) is 0 Å². The zero-order chi connectivity index (χ0) is 32.3. The van der Waals surface area contributed by atoms with E-state index < -0.39 is 0 Å². The Bertz CT molecular complexity index is 1840. The summed E-state index contributed by atoms with van der Waals surface area (Å²) in [4.78, 5) is 21.0. The van der Waals surface area contributed by atoms with E-state index in [0.717, 1.165) is 59.5 Å². The molecule has 1 radical (unpaired) electrons. The Balaban J connectivity index is 0.000000297. The van der Waals surface area contributed by atoms with Crippen molar-refractivity contribution in [2.24, 2.45) is 17.3 Å². The van der Waals surface area contributed by atoms with Gasteiger partial charge >= 0.3 is 0 Å². The summed E-state index contributed by atoms with van der Waals surface area (Å²) in [6.07, 6.45) is 7.63. The van der Waals surface area contributed by atoms with E-state index >= 15 is 0 Å². The molecule has 0 amide bonds. The number of nitrogens with zero attached hydrogens (tertiary/aromatic N) is 3. The molecule has 5 nitrogen and oxygen atoms in total. The third kappa shape index (κ3) is 7.50. The number of ketones is 1. The van der Waals surface area contributed by atoms with Gasteiger partial charge in [0, 0.05) is 65.8 Å². The van der Waals surface area contributed by atoms with Crippen LogP contribution < -0.4 is 0 Å². The molecule has 243 valence electrons. The van der Waals surface area contributed by atoms with Crippen molar-refractivity contribution in [2.75, 3.05) is 0 Å². The van der Waals surface area contributed by atoms with Crippen LogP contribution in [0.3, 0.4) is 0 Å². The average molecular weight is 785 g/mol. The molecule has 0 atom stereocenters. The topological polar surface area (TPSA) is 67.5 Å². The van der Waals surface area contributed by atoms with Gasteiger partial charge in [-0.05, 0) is 74.9 Å². The molecular formula is C39H50IrN3O2-. The standard InChI is InChI=1S/C26H26N3.C13H24O2.Ir/c1-15-21(13-26(4,5)6)17(3)29-22-12-19-10-8-7-9-18(19)11-20(22)24-23(25(15)29)16(2)27-14-28-24;1-5-10(6-2)12(14)9-13(15)11(7-3)8-4;/h7-10,12,14H,13H2,1-6H3;9-11,14H,5-8H2,1-4H3;/q-1;;/b;12-9-;. The molecule has 6 heteroatoms. The SMILES string of the molecule is CCC(CC)C(=O)/C=C(\O)C(CC)CC.Cc1ncnc2c3[c-]c4ccccc4cc3n3c(C)c(CC(C)(C)C)c(C)c3c12.[Ir]. The van der Waals surface area contributed by atoms with Crippen LogP contribution in [0.2, 0.25) is 0 Å². The molecule has 0 saturated heterocycles. The summed E-state index contributed by atoms with van der Waals surface area (Å²) in [5.74, 6) is 0.547. The van der Waals surface area contributed by atoms with Gasteiger partial charge < -0.3 is 9.51 Å². The third-order valence-electron chi connectivity index (χ3n) is 9.11. The predicted octanol–water partition coefficient (Wildman–Crippen LogP) is 10.4. The molecule has 2 aromatic carbocycles. The van der Waals surface area contributed by atoms with Crippen LogP contribution in [0.5, 0.6) is 0 Å². The maximum absolute atomic E-state index is 11.7. The molecule has 0 unspecified atom stereocenters. The van der Waals surface area contributed by atoms with Gasteiger partial charge in [-0.1, -0.05) is 83.5 Å².